The second-order valence-electron chi connectivity index (χ2n) is 6.28. The van der Waals surface area contributed by atoms with Crippen molar-refractivity contribution in [2.24, 2.45) is 5.92 Å². The molecule has 1 aromatic rings. The van der Waals surface area contributed by atoms with Gasteiger partial charge < -0.3 is 15.1 Å². The maximum atomic E-state index is 3.52. The molecule has 3 nitrogen and oxygen atoms in total. The van der Waals surface area contributed by atoms with Crippen LogP contribution in [0.5, 0.6) is 0 Å². The fourth-order valence-electron chi connectivity index (χ4n) is 2.81. The molecule has 3 heteroatoms. The van der Waals surface area contributed by atoms with Crippen LogP contribution in [0, 0.1) is 5.92 Å². The average Bonchev–Trinajstić information content (AvgIpc) is 2.48. The Hall–Kier alpha value is -1.06. The van der Waals surface area contributed by atoms with Gasteiger partial charge in [-0.25, -0.2) is 0 Å². The van der Waals surface area contributed by atoms with Gasteiger partial charge in [-0.2, -0.15) is 0 Å². The number of likely N-dealkylation sites (N-methyl/N-ethyl adjacent to an activating group) is 1. The van der Waals surface area contributed by atoms with Crippen molar-refractivity contribution in [3.63, 3.8) is 0 Å². The van der Waals surface area contributed by atoms with Gasteiger partial charge in [-0.1, -0.05) is 18.2 Å². The molecule has 0 bridgehead atoms. The van der Waals surface area contributed by atoms with Crippen molar-refractivity contribution >= 4 is 5.69 Å². The molecular weight excluding hydrogens is 246 g/mol. The van der Waals surface area contributed by atoms with E-state index in [1.807, 2.05) is 0 Å². The van der Waals surface area contributed by atoms with Crippen LogP contribution < -0.4 is 5.32 Å². The zero-order chi connectivity index (χ0) is 14.4. The Bertz CT molecular complexity index is 371. The second-order valence-corrected chi connectivity index (χ2v) is 6.28. The summed E-state index contributed by atoms with van der Waals surface area (Å²) in [5, 5.41) is 3.52. The molecule has 2 rings (SSSR count). The predicted octanol–water partition coefficient (Wildman–Crippen LogP) is 2.76. The molecule has 1 fully saturated rings. The van der Waals surface area contributed by atoms with Crippen LogP contribution in [0.25, 0.3) is 0 Å². The summed E-state index contributed by atoms with van der Waals surface area (Å²) in [6, 6.07) is 11.0. The lowest BCUT2D eigenvalue weighted by Crippen LogP contribution is -2.41. The standard InChI is InChI=1S/C17H29N3/c1-15(13-18-17-7-5-4-6-8-17)20(3)14-16-9-11-19(2)12-10-16/h4-8,15-16,18H,9-14H2,1-3H3. The number of nitrogens with zero attached hydrogens (tertiary/aromatic N) is 2. The zero-order valence-electron chi connectivity index (χ0n) is 13.2. The number of likely N-dealkylation sites (tertiary alicyclic amines) is 1. The number of hydrogen-bond donors (Lipinski definition) is 1. The molecule has 1 aliphatic rings. The highest BCUT2D eigenvalue weighted by atomic mass is 15.2. The van der Waals surface area contributed by atoms with Gasteiger partial charge in [0.1, 0.15) is 0 Å². The lowest BCUT2D eigenvalue weighted by atomic mass is 9.96. The Morgan fingerprint density at radius 2 is 1.90 bits per heavy atom. The van der Waals surface area contributed by atoms with Gasteiger partial charge in [0, 0.05) is 24.8 Å². The molecule has 1 aromatic carbocycles. The Labute approximate surface area is 124 Å². The van der Waals surface area contributed by atoms with Crippen LogP contribution >= 0.6 is 0 Å². The first kappa shape index (κ1) is 15.3. The first-order valence-electron chi connectivity index (χ1n) is 7.83. The molecule has 0 aliphatic carbocycles. The fraction of sp³-hybridized carbons (Fsp3) is 0.647. The van der Waals surface area contributed by atoms with E-state index in [1.54, 1.807) is 0 Å². The predicted molar refractivity (Wildman–Crippen MR) is 87.2 cm³/mol. The van der Waals surface area contributed by atoms with Crippen molar-refractivity contribution in [2.75, 3.05) is 45.6 Å². The first-order chi connectivity index (χ1) is 9.65. The smallest absolute Gasteiger partial charge is 0.0340 e. The summed E-state index contributed by atoms with van der Waals surface area (Å²) in [5.74, 6) is 0.871. The third-order valence-corrected chi connectivity index (χ3v) is 4.51. The molecule has 1 saturated heterocycles. The molecule has 1 N–H and O–H groups in total. The molecule has 0 radical (unpaired) electrons. The van der Waals surface area contributed by atoms with E-state index in [2.05, 4.69) is 66.5 Å². The molecular formula is C17H29N3. The quantitative estimate of drug-likeness (QED) is 0.861. The minimum absolute atomic E-state index is 0.565. The molecule has 0 amide bonds. The monoisotopic (exact) mass is 275 g/mol. The summed E-state index contributed by atoms with van der Waals surface area (Å²) in [6.45, 7) is 7.06. The lowest BCUT2D eigenvalue weighted by molar-refractivity contribution is 0.158. The first-order valence-corrected chi connectivity index (χ1v) is 7.83. The number of hydrogen-bond acceptors (Lipinski definition) is 3. The van der Waals surface area contributed by atoms with Gasteiger partial charge in [0.2, 0.25) is 0 Å². The molecule has 0 spiro atoms. The van der Waals surface area contributed by atoms with E-state index in [0.29, 0.717) is 6.04 Å². The van der Waals surface area contributed by atoms with Crippen molar-refractivity contribution in [1.82, 2.24) is 9.80 Å². The third-order valence-electron chi connectivity index (χ3n) is 4.51. The highest BCUT2D eigenvalue weighted by Crippen LogP contribution is 2.17. The Balaban J connectivity index is 1.70. The number of benzene rings is 1. The second kappa shape index (κ2) is 7.65. The molecule has 0 saturated carbocycles. The topological polar surface area (TPSA) is 18.5 Å². The SMILES string of the molecule is CC(CNc1ccccc1)N(C)CC1CCN(C)CC1. The summed E-state index contributed by atoms with van der Waals surface area (Å²) < 4.78 is 0. The number of para-hydroxylation sites is 1. The minimum Gasteiger partial charge on any atom is -0.383 e. The summed E-state index contributed by atoms with van der Waals surface area (Å²) in [7, 11) is 4.49. The van der Waals surface area contributed by atoms with Gasteiger partial charge in [0.15, 0.2) is 0 Å². The van der Waals surface area contributed by atoms with Crippen LogP contribution in [0.15, 0.2) is 30.3 Å². The van der Waals surface area contributed by atoms with E-state index in [4.69, 9.17) is 0 Å². The number of anilines is 1. The Morgan fingerprint density at radius 1 is 1.25 bits per heavy atom. The maximum absolute atomic E-state index is 3.52. The summed E-state index contributed by atoms with van der Waals surface area (Å²) in [6.07, 6.45) is 2.69. The van der Waals surface area contributed by atoms with Gasteiger partial charge in [0.05, 0.1) is 0 Å². The van der Waals surface area contributed by atoms with Crippen molar-refractivity contribution < 1.29 is 0 Å². The van der Waals surface area contributed by atoms with Crippen LogP contribution in [-0.2, 0) is 0 Å². The minimum atomic E-state index is 0.565. The zero-order valence-corrected chi connectivity index (χ0v) is 13.2. The van der Waals surface area contributed by atoms with Crippen LogP contribution in [0.2, 0.25) is 0 Å². The van der Waals surface area contributed by atoms with Crippen LogP contribution in [0.4, 0.5) is 5.69 Å². The van der Waals surface area contributed by atoms with E-state index < -0.39 is 0 Å². The molecule has 112 valence electrons. The van der Waals surface area contributed by atoms with E-state index in [-0.39, 0.29) is 0 Å². The van der Waals surface area contributed by atoms with Crippen LogP contribution in [0.3, 0.4) is 0 Å². The number of piperidine rings is 1. The van der Waals surface area contributed by atoms with Gasteiger partial charge in [0.25, 0.3) is 0 Å². The molecule has 1 unspecified atom stereocenters. The van der Waals surface area contributed by atoms with Gasteiger partial charge >= 0.3 is 0 Å². The highest BCUT2D eigenvalue weighted by Gasteiger charge is 2.20. The third kappa shape index (κ3) is 4.80. The van der Waals surface area contributed by atoms with Gasteiger partial charge in [-0.3, -0.25) is 0 Å². The summed E-state index contributed by atoms with van der Waals surface area (Å²) in [4.78, 5) is 4.95. The van der Waals surface area contributed by atoms with Gasteiger partial charge in [-0.15, -0.1) is 0 Å². The fourth-order valence-corrected chi connectivity index (χ4v) is 2.81. The molecule has 0 aromatic heterocycles. The van der Waals surface area contributed by atoms with E-state index in [9.17, 15) is 0 Å². The van der Waals surface area contributed by atoms with E-state index in [1.165, 1.54) is 38.2 Å². The summed E-state index contributed by atoms with van der Waals surface area (Å²) >= 11 is 0. The van der Waals surface area contributed by atoms with Crippen molar-refractivity contribution in [1.29, 1.82) is 0 Å². The maximum Gasteiger partial charge on any atom is 0.0340 e. The number of rotatable bonds is 6. The molecule has 20 heavy (non-hydrogen) atoms. The van der Waals surface area contributed by atoms with Crippen LogP contribution in [-0.4, -0.2) is 56.1 Å². The Morgan fingerprint density at radius 3 is 2.55 bits per heavy atom. The van der Waals surface area contributed by atoms with Gasteiger partial charge in [-0.05, 0) is 65.0 Å². The van der Waals surface area contributed by atoms with E-state index in [0.717, 1.165) is 12.5 Å². The van der Waals surface area contributed by atoms with Crippen molar-refractivity contribution in [3.05, 3.63) is 30.3 Å². The highest BCUT2D eigenvalue weighted by molar-refractivity contribution is 5.42. The largest absolute Gasteiger partial charge is 0.383 e. The van der Waals surface area contributed by atoms with Crippen LogP contribution in [0.1, 0.15) is 19.8 Å². The number of nitrogens with one attached hydrogen (secondary N) is 1. The summed E-state index contributed by atoms with van der Waals surface area (Å²) in [5.41, 5.74) is 1.21. The average molecular weight is 275 g/mol. The lowest BCUT2D eigenvalue weighted by Gasteiger charge is -2.34. The molecule has 1 aliphatic heterocycles. The molecule has 1 heterocycles. The Kier molecular flexibility index (Phi) is 5.86. The van der Waals surface area contributed by atoms with Crippen molar-refractivity contribution in [2.45, 2.75) is 25.8 Å². The molecule has 1 atom stereocenters. The normalized spacial score (nSPS) is 19.2. The van der Waals surface area contributed by atoms with E-state index >= 15 is 0 Å². The van der Waals surface area contributed by atoms with Crippen molar-refractivity contribution in [3.8, 4) is 0 Å².